The van der Waals surface area contributed by atoms with E-state index in [1.165, 1.54) is 0 Å². The van der Waals surface area contributed by atoms with Crippen molar-refractivity contribution in [3.05, 3.63) is 114 Å². The number of hydrogen-bond acceptors (Lipinski definition) is 8. The molecule has 7 rings (SSSR count). The lowest BCUT2D eigenvalue weighted by Gasteiger charge is -2.30. The molecule has 1 unspecified atom stereocenters. The standard InChI is InChI=1S/C39H38N8O5/c48-35(25-46-36(49)14-15-37(46)50)42-17-3-1-2-4-20-47-38(51)32(30-7-5-9-33-31(30)8-6-18-41-33)21-34(44-47)26-10-12-29(13-11-26)43-39(52)45-23-27-16-19-40-22-28(27)24-45/h5-16,18-19,22,32H,1-4,17,20-21,23-25H2,(H,42,48)(H,43,52). The second-order valence-electron chi connectivity index (χ2n) is 13.1. The number of carbonyl (C=O) groups is 5. The summed E-state index contributed by atoms with van der Waals surface area (Å²) in [6.45, 7) is 1.61. The van der Waals surface area contributed by atoms with E-state index in [4.69, 9.17) is 5.10 Å². The Labute approximate surface area is 300 Å². The Bertz CT molecular complexity index is 2050. The van der Waals surface area contributed by atoms with E-state index in [2.05, 4.69) is 20.6 Å². The lowest BCUT2D eigenvalue weighted by Crippen LogP contribution is -2.40. The molecule has 0 saturated carbocycles. The molecule has 2 aromatic carbocycles. The van der Waals surface area contributed by atoms with Crippen molar-refractivity contribution >= 4 is 52.0 Å². The number of carbonyl (C=O) groups excluding carboxylic acids is 5. The Balaban J connectivity index is 0.983. The number of amides is 6. The van der Waals surface area contributed by atoms with Crippen LogP contribution in [0.25, 0.3) is 10.9 Å². The summed E-state index contributed by atoms with van der Waals surface area (Å²) >= 11 is 0. The van der Waals surface area contributed by atoms with E-state index >= 15 is 0 Å². The van der Waals surface area contributed by atoms with Gasteiger partial charge in [-0.25, -0.2) is 9.80 Å². The summed E-state index contributed by atoms with van der Waals surface area (Å²) in [5.41, 5.74) is 6.18. The number of hydrazone groups is 1. The highest BCUT2D eigenvalue weighted by Gasteiger charge is 2.33. The first kappa shape index (κ1) is 34.2. The number of hydrogen-bond donors (Lipinski definition) is 2. The van der Waals surface area contributed by atoms with E-state index in [-0.39, 0.29) is 24.4 Å². The summed E-state index contributed by atoms with van der Waals surface area (Å²) in [6.07, 6.45) is 11.1. The zero-order valence-corrected chi connectivity index (χ0v) is 28.5. The SMILES string of the molecule is O=C(CN1C(=O)C=CC1=O)NCCCCCCN1N=C(c2ccc(NC(=O)N3Cc4ccncc4C3)cc2)CC(c2cccc3ncccc23)C1=O. The van der Waals surface area contributed by atoms with E-state index in [9.17, 15) is 24.0 Å². The summed E-state index contributed by atoms with van der Waals surface area (Å²) in [6, 6.07) is 19.0. The molecule has 2 aromatic heterocycles. The Morgan fingerprint density at radius 1 is 0.827 bits per heavy atom. The van der Waals surface area contributed by atoms with Gasteiger partial charge in [0.15, 0.2) is 0 Å². The average Bonchev–Trinajstić information content (AvgIpc) is 3.74. The fraction of sp³-hybridized carbons (Fsp3) is 0.282. The van der Waals surface area contributed by atoms with Gasteiger partial charge in [-0.1, -0.05) is 43.2 Å². The lowest BCUT2D eigenvalue weighted by atomic mass is 9.86. The Morgan fingerprint density at radius 3 is 2.42 bits per heavy atom. The van der Waals surface area contributed by atoms with Crippen LogP contribution < -0.4 is 10.6 Å². The van der Waals surface area contributed by atoms with Crippen LogP contribution in [0, 0.1) is 0 Å². The van der Waals surface area contributed by atoms with Gasteiger partial charge in [-0.15, -0.1) is 0 Å². The third-order valence-electron chi connectivity index (χ3n) is 9.55. The number of fused-ring (bicyclic) bond motifs is 2. The number of rotatable bonds is 12. The van der Waals surface area contributed by atoms with Gasteiger partial charge in [-0.2, -0.15) is 5.10 Å². The number of aromatic nitrogens is 2. The number of urea groups is 1. The highest BCUT2D eigenvalue weighted by atomic mass is 16.2. The molecule has 6 amide bonds. The van der Waals surface area contributed by atoms with Crippen LogP contribution in [0.5, 0.6) is 0 Å². The quantitative estimate of drug-likeness (QED) is 0.163. The minimum absolute atomic E-state index is 0.0708. The van der Waals surface area contributed by atoms with Crippen molar-refractivity contribution in [2.24, 2.45) is 5.10 Å². The molecule has 4 aromatic rings. The summed E-state index contributed by atoms with van der Waals surface area (Å²) in [7, 11) is 0. The Morgan fingerprint density at radius 2 is 1.62 bits per heavy atom. The van der Waals surface area contributed by atoms with Gasteiger partial charge in [-0.05, 0) is 65.4 Å². The molecular weight excluding hydrogens is 660 g/mol. The molecule has 0 aliphatic carbocycles. The summed E-state index contributed by atoms with van der Waals surface area (Å²) in [4.78, 5) is 73.9. The van der Waals surface area contributed by atoms with Gasteiger partial charge in [0.1, 0.15) is 6.54 Å². The number of pyridine rings is 2. The number of anilines is 1. The summed E-state index contributed by atoms with van der Waals surface area (Å²) < 4.78 is 0. The number of nitrogens with zero attached hydrogens (tertiary/aromatic N) is 6. The molecule has 13 heteroatoms. The minimum Gasteiger partial charge on any atom is -0.355 e. The molecule has 0 saturated heterocycles. The van der Waals surface area contributed by atoms with Gasteiger partial charge in [0, 0.05) is 74.4 Å². The van der Waals surface area contributed by atoms with Crippen LogP contribution in [0.3, 0.4) is 0 Å². The smallest absolute Gasteiger partial charge is 0.322 e. The fourth-order valence-electron chi connectivity index (χ4n) is 6.77. The number of imide groups is 1. The van der Waals surface area contributed by atoms with Crippen molar-refractivity contribution in [3.63, 3.8) is 0 Å². The normalized spacial score (nSPS) is 16.8. The van der Waals surface area contributed by atoms with E-state index < -0.39 is 17.7 Å². The summed E-state index contributed by atoms with van der Waals surface area (Å²) in [5, 5.41) is 13.1. The third-order valence-corrected chi connectivity index (χ3v) is 9.55. The monoisotopic (exact) mass is 698 g/mol. The first-order valence-corrected chi connectivity index (χ1v) is 17.4. The number of unbranched alkanes of at least 4 members (excludes halogenated alkanes) is 3. The maximum atomic E-state index is 14.0. The van der Waals surface area contributed by atoms with Crippen LogP contribution in [-0.2, 0) is 32.3 Å². The van der Waals surface area contributed by atoms with Crippen molar-refractivity contribution < 1.29 is 24.0 Å². The zero-order valence-electron chi connectivity index (χ0n) is 28.5. The molecule has 0 radical (unpaired) electrons. The molecule has 52 heavy (non-hydrogen) atoms. The number of nitrogens with one attached hydrogen (secondary N) is 2. The predicted molar refractivity (Wildman–Crippen MR) is 194 cm³/mol. The zero-order chi connectivity index (χ0) is 36.0. The second-order valence-corrected chi connectivity index (χ2v) is 13.1. The highest BCUT2D eigenvalue weighted by molar-refractivity contribution is 6.14. The molecule has 3 aliphatic heterocycles. The van der Waals surface area contributed by atoms with Gasteiger partial charge < -0.3 is 15.5 Å². The molecule has 2 N–H and O–H groups in total. The molecule has 0 fully saturated rings. The average molecular weight is 699 g/mol. The second kappa shape index (κ2) is 15.3. The molecule has 0 spiro atoms. The summed E-state index contributed by atoms with van der Waals surface area (Å²) in [5.74, 6) is -1.88. The number of benzene rings is 2. The van der Waals surface area contributed by atoms with Crippen LogP contribution >= 0.6 is 0 Å². The lowest BCUT2D eigenvalue weighted by molar-refractivity contribution is -0.141. The van der Waals surface area contributed by atoms with Gasteiger partial charge in [0.05, 0.1) is 17.1 Å². The van der Waals surface area contributed by atoms with E-state index in [0.717, 1.165) is 68.8 Å². The van der Waals surface area contributed by atoms with E-state index in [1.807, 2.05) is 60.7 Å². The first-order chi connectivity index (χ1) is 25.3. The third kappa shape index (κ3) is 7.58. The van der Waals surface area contributed by atoms with E-state index in [1.54, 1.807) is 28.5 Å². The molecule has 5 heterocycles. The molecule has 13 nitrogen and oxygen atoms in total. The van der Waals surface area contributed by atoms with E-state index in [0.29, 0.717) is 51.1 Å². The van der Waals surface area contributed by atoms with Gasteiger partial charge in [-0.3, -0.25) is 34.0 Å². The van der Waals surface area contributed by atoms with Crippen molar-refractivity contribution in [3.8, 4) is 0 Å². The largest absolute Gasteiger partial charge is 0.355 e. The fourth-order valence-corrected chi connectivity index (χ4v) is 6.77. The molecule has 264 valence electrons. The highest BCUT2D eigenvalue weighted by Crippen LogP contribution is 2.34. The van der Waals surface area contributed by atoms with Crippen molar-refractivity contribution in [2.75, 3.05) is 25.0 Å². The van der Waals surface area contributed by atoms with Crippen LogP contribution in [0.2, 0.25) is 0 Å². The van der Waals surface area contributed by atoms with Crippen LogP contribution in [0.1, 0.15) is 60.3 Å². The van der Waals surface area contributed by atoms with Crippen LogP contribution in [0.15, 0.2) is 96.5 Å². The molecular formula is C39H38N8O5. The maximum absolute atomic E-state index is 14.0. The first-order valence-electron chi connectivity index (χ1n) is 17.4. The maximum Gasteiger partial charge on any atom is 0.322 e. The molecule has 3 aliphatic rings. The van der Waals surface area contributed by atoms with Crippen LogP contribution in [-0.4, -0.2) is 79.8 Å². The van der Waals surface area contributed by atoms with Crippen molar-refractivity contribution in [1.82, 2.24) is 30.1 Å². The van der Waals surface area contributed by atoms with Crippen molar-refractivity contribution in [1.29, 1.82) is 0 Å². The van der Waals surface area contributed by atoms with Gasteiger partial charge in [0.25, 0.3) is 17.7 Å². The molecule has 0 bridgehead atoms. The van der Waals surface area contributed by atoms with Crippen LogP contribution in [0.4, 0.5) is 10.5 Å². The predicted octanol–water partition coefficient (Wildman–Crippen LogP) is 4.50. The van der Waals surface area contributed by atoms with Crippen molar-refractivity contribution in [2.45, 2.75) is 51.1 Å². The molecule has 1 atom stereocenters. The topological polar surface area (TPSA) is 157 Å². The van der Waals surface area contributed by atoms with Gasteiger partial charge >= 0.3 is 6.03 Å². The minimum atomic E-state index is -0.485. The van der Waals surface area contributed by atoms with Gasteiger partial charge in [0.2, 0.25) is 5.91 Å². The Hall–Kier alpha value is -6.24. The Kier molecular flexibility index (Phi) is 10.1.